The summed E-state index contributed by atoms with van der Waals surface area (Å²) in [5.41, 5.74) is 6.26. The van der Waals surface area contributed by atoms with Gasteiger partial charge < -0.3 is 19.6 Å². The second kappa shape index (κ2) is 14.8. The van der Waals surface area contributed by atoms with Gasteiger partial charge in [0.15, 0.2) is 5.78 Å². The Kier molecular flexibility index (Phi) is 11.4. The Morgan fingerprint density at radius 2 is 1.57 bits per heavy atom. The molecule has 0 radical (unpaired) electrons. The summed E-state index contributed by atoms with van der Waals surface area (Å²) in [4.78, 5) is 16.8. The van der Waals surface area contributed by atoms with Gasteiger partial charge >= 0.3 is 0 Å². The number of carbonyl (C=O) groups excluding carboxylic acids is 1. The van der Waals surface area contributed by atoms with Crippen LogP contribution in [0, 0.1) is 0 Å². The topological polar surface area (TPSA) is 53.0 Å². The van der Waals surface area contributed by atoms with Crippen molar-refractivity contribution >= 4 is 41.2 Å². The molecule has 210 valence electrons. The van der Waals surface area contributed by atoms with Crippen LogP contribution < -0.4 is 9.64 Å². The van der Waals surface area contributed by atoms with Gasteiger partial charge in [-0.2, -0.15) is 0 Å². The van der Waals surface area contributed by atoms with Crippen LogP contribution >= 0.6 is 24.0 Å². The average molecular weight is 580 g/mol. The monoisotopic (exact) mass is 578 g/mol. The lowest BCUT2D eigenvalue weighted by Gasteiger charge is -2.27. The van der Waals surface area contributed by atoms with Gasteiger partial charge in [-0.15, -0.1) is 12.4 Å². The number of fused-ring (bicyclic) bond motifs is 2. The van der Waals surface area contributed by atoms with Gasteiger partial charge in [-0.25, -0.2) is 0 Å². The van der Waals surface area contributed by atoms with Crippen LogP contribution in [0.4, 0.5) is 11.4 Å². The summed E-state index contributed by atoms with van der Waals surface area (Å²) in [6, 6.07) is 28.5. The van der Waals surface area contributed by atoms with E-state index >= 15 is 0 Å². The molecular formula is C33H36Cl2N2O3. The fourth-order valence-corrected chi connectivity index (χ4v) is 4.91. The minimum Gasteiger partial charge on any atom is -0.507 e. The Morgan fingerprint density at radius 1 is 0.900 bits per heavy atom. The molecule has 5 rings (SSSR count). The fraction of sp³-hybridized carbons (Fsp3) is 0.242. The van der Waals surface area contributed by atoms with Crippen LogP contribution in [-0.2, 0) is 12.8 Å². The summed E-state index contributed by atoms with van der Waals surface area (Å²) in [6.45, 7) is 2.11. The molecule has 0 unspecified atom stereocenters. The number of phenolic OH excluding ortho intramolecular Hbond substituents is 1. The Labute approximate surface area is 248 Å². The second-order valence-electron chi connectivity index (χ2n) is 9.79. The van der Waals surface area contributed by atoms with Crippen LogP contribution in [0.5, 0.6) is 11.5 Å². The highest BCUT2D eigenvalue weighted by molar-refractivity contribution is 6.30. The van der Waals surface area contributed by atoms with E-state index in [0.29, 0.717) is 11.3 Å². The van der Waals surface area contributed by atoms with E-state index in [2.05, 4.69) is 60.3 Å². The zero-order valence-corrected chi connectivity index (χ0v) is 24.7. The summed E-state index contributed by atoms with van der Waals surface area (Å²) >= 11 is 6.27. The van der Waals surface area contributed by atoms with E-state index in [-0.39, 0.29) is 29.5 Å². The van der Waals surface area contributed by atoms with E-state index in [0.717, 1.165) is 37.4 Å². The number of nitrogens with zero attached hydrogens (tertiary/aromatic N) is 2. The van der Waals surface area contributed by atoms with Gasteiger partial charge in [-0.05, 0) is 81.4 Å². The molecule has 0 amide bonds. The number of ether oxygens (including phenoxy) is 1. The quantitative estimate of drug-likeness (QED) is 0.229. The maximum absolute atomic E-state index is 12.1. The predicted molar refractivity (Wildman–Crippen MR) is 167 cm³/mol. The van der Waals surface area contributed by atoms with E-state index in [4.69, 9.17) is 16.3 Å². The van der Waals surface area contributed by atoms with Gasteiger partial charge in [-0.1, -0.05) is 66.2 Å². The highest BCUT2D eigenvalue weighted by Gasteiger charge is 2.20. The maximum Gasteiger partial charge on any atom is 0.196 e. The standard InChI is InChI=1S/C19H23ClN2.C14H12O3.ClH/c1-21(2)12-5-13-22-18-7-4-3-6-15(18)8-9-16-10-11-17(20)14-19(16)22;1-17-11-7-8-12(13(15)9-11)14(16)10-5-3-2-4-6-10;/h3-4,6-7,10-11,14H,5,8-9,12-13H2,1-2H3;2-9,15H,1H3;1H. The number of phenols is 1. The zero-order chi connectivity index (χ0) is 27.8. The lowest BCUT2D eigenvalue weighted by atomic mass is 10.0. The lowest BCUT2D eigenvalue weighted by molar-refractivity contribution is 0.103. The van der Waals surface area contributed by atoms with Gasteiger partial charge in [0.2, 0.25) is 0 Å². The second-order valence-corrected chi connectivity index (χ2v) is 10.2. The molecule has 1 heterocycles. The number of para-hydroxylation sites is 1. The Bertz CT molecular complexity index is 1410. The minimum atomic E-state index is -0.203. The van der Waals surface area contributed by atoms with Gasteiger partial charge in [0.1, 0.15) is 11.5 Å². The third-order valence-electron chi connectivity index (χ3n) is 6.76. The van der Waals surface area contributed by atoms with Crippen molar-refractivity contribution in [2.75, 3.05) is 39.2 Å². The molecule has 0 fully saturated rings. The molecule has 0 aliphatic carbocycles. The van der Waals surface area contributed by atoms with Crippen molar-refractivity contribution in [1.29, 1.82) is 0 Å². The van der Waals surface area contributed by atoms with Crippen LogP contribution in [0.2, 0.25) is 5.02 Å². The Hall–Kier alpha value is -3.51. The van der Waals surface area contributed by atoms with E-state index in [9.17, 15) is 9.90 Å². The number of benzene rings is 4. The molecule has 1 N–H and O–H groups in total. The van der Waals surface area contributed by atoms with Crippen molar-refractivity contribution in [2.24, 2.45) is 0 Å². The van der Waals surface area contributed by atoms with Gasteiger partial charge in [0.25, 0.3) is 0 Å². The molecule has 0 bridgehead atoms. The molecule has 5 nitrogen and oxygen atoms in total. The molecule has 1 aliphatic heterocycles. The van der Waals surface area contributed by atoms with Gasteiger partial charge in [0.05, 0.1) is 12.7 Å². The van der Waals surface area contributed by atoms with Gasteiger partial charge in [-0.3, -0.25) is 4.79 Å². The summed E-state index contributed by atoms with van der Waals surface area (Å²) in [5, 5.41) is 10.6. The number of hydrogen-bond donors (Lipinski definition) is 1. The molecule has 0 saturated heterocycles. The summed E-state index contributed by atoms with van der Waals surface area (Å²) in [6.07, 6.45) is 3.30. The third-order valence-corrected chi connectivity index (χ3v) is 6.99. The highest BCUT2D eigenvalue weighted by atomic mass is 35.5. The molecule has 40 heavy (non-hydrogen) atoms. The molecule has 4 aromatic carbocycles. The van der Waals surface area contributed by atoms with Crippen molar-refractivity contribution < 1.29 is 14.6 Å². The average Bonchev–Trinajstić information content (AvgIpc) is 3.10. The van der Waals surface area contributed by atoms with Crippen molar-refractivity contribution in [3.63, 3.8) is 0 Å². The van der Waals surface area contributed by atoms with Crippen molar-refractivity contribution in [3.8, 4) is 11.5 Å². The first-order chi connectivity index (χ1) is 18.9. The largest absolute Gasteiger partial charge is 0.507 e. The van der Waals surface area contributed by atoms with Crippen molar-refractivity contribution in [3.05, 3.63) is 118 Å². The number of hydrogen-bond acceptors (Lipinski definition) is 5. The molecule has 0 saturated carbocycles. The van der Waals surface area contributed by atoms with Crippen molar-refractivity contribution in [1.82, 2.24) is 4.90 Å². The molecular weight excluding hydrogens is 543 g/mol. The first-order valence-corrected chi connectivity index (χ1v) is 13.5. The number of ketones is 1. The number of anilines is 2. The summed E-state index contributed by atoms with van der Waals surface area (Å²) in [5.74, 6) is 0.246. The fourth-order valence-electron chi connectivity index (χ4n) is 4.75. The van der Waals surface area contributed by atoms with Crippen molar-refractivity contribution in [2.45, 2.75) is 19.3 Å². The van der Waals surface area contributed by atoms with Gasteiger partial charge in [0, 0.05) is 34.6 Å². The molecule has 7 heteroatoms. The van der Waals surface area contributed by atoms with E-state index in [1.807, 2.05) is 12.1 Å². The smallest absolute Gasteiger partial charge is 0.196 e. The summed E-state index contributed by atoms with van der Waals surface area (Å²) < 4.78 is 4.96. The first kappa shape index (κ1) is 31.0. The number of halogens is 2. The SMILES string of the molecule is CN(C)CCCN1c2ccccc2CCc2ccc(Cl)cc21.COc1ccc(C(=O)c2ccccc2)c(O)c1.Cl. The van der Waals surface area contributed by atoms with E-state index in [1.54, 1.807) is 36.4 Å². The van der Waals surface area contributed by atoms with Crippen LogP contribution in [0.1, 0.15) is 33.5 Å². The third kappa shape index (κ3) is 7.79. The Balaban J connectivity index is 0.000000222. The number of aromatic hydroxyl groups is 1. The molecule has 4 aromatic rings. The summed E-state index contributed by atoms with van der Waals surface area (Å²) in [7, 11) is 5.76. The molecule has 1 aliphatic rings. The minimum absolute atomic E-state index is 0. The Morgan fingerprint density at radius 3 is 2.25 bits per heavy atom. The predicted octanol–water partition coefficient (Wildman–Crippen LogP) is 7.58. The normalized spacial score (nSPS) is 11.8. The van der Waals surface area contributed by atoms with Crippen LogP contribution in [0.3, 0.4) is 0 Å². The van der Waals surface area contributed by atoms with Crippen LogP contribution in [0.15, 0.2) is 91.0 Å². The molecule has 0 atom stereocenters. The van der Waals surface area contributed by atoms with Crippen LogP contribution in [-0.4, -0.2) is 50.1 Å². The number of rotatable bonds is 7. The number of aryl methyl sites for hydroxylation is 2. The van der Waals surface area contributed by atoms with Crippen LogP contribution in [0.25, 0.3) is 0 Å². The molecule has 0 spiro atoms. The van der Waals surface area contributed by atoms with E-state index < -0.39 is 0 Å². The lowest BCUT2D eigenvalue weighted by Crippen LogP contribution is -2.24. The maximum atomic E-state index is 12.1. The zero-order valence-electron chi connectivity index (χ0n) is 23.1. The number of carbonyl (C=O) groups is 1. The molecule has 0 aromatic heterocycles. The first-order valence-electron chi connectivity index (χ1n) is 13.1. The highest BCUT2D eigenvalue weighted by Crippen LogP contribution is 2.37. The van der Waals surface area contributed by atoms with E-state index in [1.165, 1.54) is 35.7 Å². The number of methoxy groups -OCH3 is 1.